The first-order chi connectivity index (χ1) is 9.61. The van der Waals surface area contributed by atoms with Crippen LogP contribution in [0.25, 0.3) is 0 Å². The first-order valence-corrected chi connectivity index (χ1v) is 6.56. The molecule has 1 unspecified atom stereocenters. The third-order valence-electron chi connectivity index (χ3n) is 3.18. The lowest BCUT2D eigenvalue weighted by Gasteiger charge is -2.18. The summed E-state index contributed by atoms with van der Waals surface area (Å²) in [5, 5.41) is 6.31. The largest absolute Gasteiger partial charge is 0.480 e. The molecule has 0 aliphatic carbocycles. The normalized spacial score (nSPS) is 11.9. The van der Waals surface area contributed by atoms with Crippen LogP contribution in [0.15, 0.2) is 35.1 Å². The van der Waals surface area contributed by atoms with E-state index in [4.69, 9.17) is 4.74 Å². The van der Waals surface area contributed by atoms with Gasteiger partial charge in [0.1, 0.15) is 12.0 Å². The molecule has 1 amide bonds. The van der Waals surface area contributed by atoms with Crippen molar-refractivity contribution >= 4 is 11.7 Å². The number of ether oxygens (including phenoxy) is 1. The number of benzene rings is 1. The summed E-state index contributed by atoms with van der Waals surface area (Å²) in [6.45, 7) is 5.89. The second-order valence-electron chi connectivity index (χ2n) is 4.59. The van der Waals surface area contributed by atoms with E-state index in [2.05, 4.69) is 15.0 Å². The van der Waals surface area contributed by atoms with Crippen molar-refractivity contribution < 1.29 is 14.1 Å². The number of aryl methyl sites for hydroxylation is 1. The van der Waals surface area contributed by atoms with Crippen molar-refractivity contribution in [3.05, 3.63) is 41.7 Å². The number of anilines is 1. The Morgan fingerprint density at radius 2 is 2.20 bits per heavy atom. The van der Waals surface area contributed by atoms with Crippen molar-refractivity contribution in [2.24, 2.45) is 0 Å². The van der Waals surface area contributed by atoms with Crippen LogP contribution in [0.3, 0.4) is 0 Å². The molecule has 1 N–H and O–H groups in total. The van der Waals surface area contributed by atoms with Crippen LogP contribution in [0, 0.1) is 13.8 Å². The van der Waals surface area contributed by atoms with Gasteiger partial charge in [0.2, 0.25) is 0 Å². The van der Waals surface area contributed by atoms with E-state index in [9.17, 15) is 4.79 Å². The molecule has 1 heterocycles. The first-order valence-electron chi connectivity index (χ1n) is 6.56. The van der Waals surface area contributed by atoms with Crippen LogP contribution >= 0.6 is 0 Å². The van der Waals surface area contributed by atoms with E-state index in [1.807, 2.05) is 39.0 Å². The van der Waals surface area contributed by atoms with Gasteiger partial charge in [0, 0.05) is 6.07 Å². The Balaban J connectivity index is 2.08. The molecule has 0 spiro atoms. The summed E-state index contributed by atoms with van der Waals surface area (Å²) in [4.78, 5) is 12.1. The van der Waals surface area contributed by atoms with Gasteiger partial charge in [0.15, 0.2) is 11.9 Å². The van der Waals surface area contributed by atoms with Gasteiger partial charge in [-0.3, -0.25) is 4.79 Å². The zero-order valence-electron chi connectivity index (χ0n) is 11.8. The topological polar surface area (TPSA) is 64.4 Å². The quantitative estimate of drug-likeness (QED) is 0.910. The lowest BCUT2D eigenvalue weighted by Crippen LogP contribution is -2.32. The number of nitrogens with zero attached hydrogens (tertiary/aromatic N) is 1. The summed E-state index contributed by atoms with van der Waals surface area (Å²) in [6.07, 6.45) is 1.41. The fourth-order valence-corrected chi connectivity index (χ4v) is 1.81. The maximum Gasteiger partial charge on any atom is 0.266 e. The molecule has 1 aromatic heterocycles. The fraction of sp³-hybridized carbons (Fsp3) is 0.333. The maximum absolute atomic E-state index is 12.1. The molecular formula is C15H18N2O3. The number of carbonyl (C=O) groups is 1. The van der Waals surface area contributed by atoms with Crippen LogP contribution in [0.2, 0.25) is 0 Å². The van der Waals surface area contributed by atoms with E-state index in [1.165, 1.54) is 6.26 Å². The predicted molar refractivity (Wildman–Crippen MR) is 75.8 cm³/mol. The molecule has 1 atom stereocenters. The smallest absolute Gasteiger partial charge is 0.266 e. The number of hydrogen-bond donors (Lipinski definition) is 1. The standard InChI is InChI=1S/C15H18N2O3/c1-4-12(15(18)16-14-8-9-19-17-14)20-13-7-5-6-10(2)11(13)3/h5-9,12H,4H2,1-3H3,(H,16,17,18). The summed E-state index contributed by atoms with van der Waals surface area (Å²) < 4.78 is 10.5. The summed E-state index contributed by atoms with van der Waals surface area (Å²) in [6, 6.07) is 7.38. The first kappa shape index (κ1) is 14.1. The van der Waals surface area contributed by atoms with E-state index in [1.54, 1.807) is 6.07 Å². The monoisotopic (exact) mass is 274 g/mol. The van der Waals surface area contributed by atoms with Gasteiger partial charge in [-0.2, -0.15) is 0 Å². The van der Waals surface area contributed by atoms with Crippen molar-refractivity contribution in [1.82, 2.24) is 5.16 Å². The average Bonchev–Trinajstić information content (AvgIpc) is 2.93. The second-order valence-corrected chi connectivity index (χ2v) is 4.59. The molecule has 0 saturated carbocycles. The summed E-state index contributed by atoms with van der Waals surface area (Å²) in [5.41, 5.74) is 2.18. The van der Waals surface area contributed by atoms with Crippen molar-refractivity contribution in [2.75, 3.05) is 5.32 Å². The number of amides is 1. The highest BCUT2D eigenvalue weighted by Crippen LogP contribution is 2.22. The van der Waals surface area contributed by atoms with Gasteiger partial charge in [0.05, 0.1) is 0 Å². The molecule has 2 aromatic rings. The maximum atomic E-state index is 12.1. The Morgan fingerprint density at radius 3 is 2.85 bits per heavy atom. The molecule has 0 fully saturated rings. The van der Waals surface area contributed by atoms with Crippen molar-refractivity contribution in [3.63, 3.8) is 0 Å². The number of carbonyl (C=O) groups excluding carboxylic acids is 1. The van der Waals surface area contributed by atoms with Crippen molar-refractivity contribution in [2.45, 2.75) is 33.3 Å². The Hall–Kier alpha value is -2.30. The zero-order chi connectivity index (χ0) is 14.5. The molecule has 20 heavy (non-hydrogen) atoms. The van der Waals surface area contributed by atoms with E-state index >= 15 is 0 Å². The minimum Gasteiger partial charge on any atom is -0.480 e. The summed E-state index contributed by atoms with van der Waals surface area (Å²) in [7, 11) is 0. The highest BCUT2D eigenvalue weighted by atomic mass is 16.5. The number of nitrogens with one attached hydrogen (secondary N) is 1. The zero-order valence-corrected chi connectivity index (χ0v) is 11.8. The molecule has 0 aliphatic rings. The molecule has 2 rings (SSSR count). The van der Waals surface area contributed by atoms with Crippen LogP contribution in [-0.2, 0) is 4.79 Å². The lowest BCUT2D eigenvalue weighted by molar-refractivity contribution is -0.122. The van der Waals surface area contributed by atoms with Gasteiger partial charge < -0.3 is 14.6 Å². The molecule has 0 saturated heterocycles. The van der Waals surface area contributed by atoms with Gasteiger partial charge in [0.25, 0.3) is 5.91 Å². The van der Waals surface area contributed by atoms with Crippen molar-refractivity contribution in [1.29, 1.82) is 0 Å². The molecule has 1 aromatic carbocycles. The molecule has 0 radical (unpaired) electrons. The fourth-order valence-electron chi connectivity index (χ4n) is 1.81. The van der Waals surface area contributed by atoms with Gasteiger partial charge in [-0.05, 0) is 37.5 Å². The van der Waals surface area contributed by atoms with Crippen molar-refractivity contribution in [3.8, 4) is 5.75 Å². The highest BCUT2D eigenvalue weighted by Gasteiger charge is 2.20. The van der Waals surface area contributed by atoms with E-state index in [0.29, 0.717) is 12.2 Å². The molecule has 5 heteroatoms. The predicted octanol–water partition coefficient (Wildman–Crippen LogP) is 3.09. The van der Waals surface area contributed by atoms with Gasteiger partial charge >= 0.3 is 0 Å². The summed E-state index contributed by atoms with van der Waals surface area (Å²) in [5.74, 6) is 0.882. The van der Waals surface area contributed by atoms with Crippen LogP contribution in [0.5, 0.6) is 5.75 Å². The average molecular weight is 274 g/mol. The SMILES string of the molecule is CCC(Oc1cccc(C)c1C)C(=O)Nc1ccon1. The molecule has 106 valence electrons. The van der Waals surface area contributed by atoms with Gasteiger partial charge in [-0.15, -0.1) is 0 Å². The van der Waals surface area contributed by atoms with Crippen LogP contribution < -0.4 is 10.1 Å². The third kappa shape index (κ3) is 3.17. The van der Waals surface area contributed by atoms with Gasteiger partial charge in [-0.1, -0.05) is 24.2 Å². The van der Waals surface area contributed by atoms with E-state index < -0.39 is 6.10 Å². The Morgan fingerprint density at radius 1 is 1.40 bits per heavy atom. The minimum atomic E-state index is -0.563. The Kier molecular flexibility index (Phi) is 4.40. The number of hydrogen-bond acceptors (Lipinski definition) is 4. The number of aromatic nitrogens is 1. The lowest BCUT2D eigenvalue weighted by atomic mass is 10.1. The Bertz CT molecular complexity index is 579. The van der Waals surface area contributed by atoms with Crippen LogP contribution in [0.1, 0.15) is 24.5 Å². The molecule has 5 nitrogen and oxygen atoms in total. The second kappa shape index (κ2) is 6.23. The van der Waals surface area contributed by atoms with E-state index in [0.717, 1.165) is 16.9 Å². The van der Waals surface area contributed by atoms with Crippen LogP contribution in [0.4, 0.5) is 5.82 Å². The molecular weight excluding hydrogens is 256 g/mol. The Labute approximate surface area is 117 Å². The molecule has 0 bridgehead atoms. The van der Waals surface area contributed by atoms with Crippen LogP contribution in [-0.4, -0.2) is 17.2 Å². The summed E-state index contributed by atoms with van der Waals surface area (Å²) >= 11 is 0. The van der Waals surface area contributed by atoms with Gasteiger partial charge in [-0.25, -0.2) is 0 Å². The highest BCUT2D eigenvalue weighted by molar-refractivity contribution is 5.93. The van der Waals surface area contributed by atoms with E-state index in [-0.39, 0.29) is 5.91 Å². The minimum absolute atomic E-state index is 0.234. The third-order valence-corrected chi connectivity index (χ3v) is 3.18. The molecule has 0 aliphatic heterocycles. The number of rotatable bonds is 5.